The van der Waals surface area contributed by atoms with Crippen LogP contribution in [0.4, 0.5) is 14.5 Å². The van der Waals surface area contributed by atoms with Crippen LogP contribution in [-0.4, -0.2) is 45.1 Å². The van der Waals surface area contributed by atoms with Crippen LogP contribution in [0.2, 0.25) is 0 Å². The predicted octanol–water partition coefficient (Wildman–Crippen LogP) is 3.70. The van der Waals surface area contributed by atoms with Crippen LogP contribution in [0, 0.1) is 13.8 Å². The maximum Gasteiger partial charge on any atom is 0.333 e. The van der Waals surface area contributed by atoms with E-state index < -0.39 is 18.0 Å². The van der Waals surface area contributed by atoms with Crippen LogP contribution in [0.5, 0.6) is 0 Å². The SMILES string of the molecule is Cc1ccc(N2CCCC3(CCCN3C(=O)c3cc(C)n(C(F)F)n3)C2=O)cc1. The number of likely N-dealkylation sites (tertiary alicyclic amines) is 1. The molecular weight excluding hydrogens is 378 g/mol. The minimum atomic E-state index is -2.81. The summed E-state index contributed by atoms with van der Waals surface area (Å²) in [6.45, 7) is 1.69. The molecule has 0 radical (unpaired) electrons. The smallest absolute Gasteiger partial charge is 0.322 e. The monoisotopic (exact) mass is 402 g/mol. The highest BCUT2D eigenvalue weighted by Crippen LogP contribution is 2.40. The molecule has 2 aliphatic rings. The number of amides is 2. The number of aromatic nitrogens is 2. The van der Waals surface area contributed by atoms with Gasteiger partial charge in [-0.15, -0.1) is 0 Å². The van der Waals surface area contributed by atoms with Gasteiger partial charge in [0.05, 0.1) is 0 Å². The van der Waals surface area contributed by atoms with E-state index in [0.29, 0.717) is 37.0 Å². The molecule has 1 atom stereocenters. The molecule has 4 rings (SSSR count). The summed E-state index contributed by atoms with van der Waals surface area (Å²) in [4.78, 5) is 30.0. The minimum absolute atomic E-state index is 0.0377. The van der Waals surface area contributed by atoms with Gasteiger partial charge in [-0.3, -0.25) is 9.59 Å². The first-order valence-electron chi connectivity index (χ1n) is 9.88. The van der Waals surface area contributed by atoms with Crippen molar-refractivity contribution in [3.63, 3.8) is 0 Å². The molecule has 3 heterocycles. The zero-order valence-corrected chi connectivity index (χ0v) is 16.6. The summed E-state index contributed by atoms with van der Waals surface area (Å²) in [6, 6.07) is 9.12. The molecular formula is C21H24F2N4O2. The summed E-state index contributed by atoms with van der Waals surface area (Å²) < 4.78 is 26.7. The van der Waals surface area contributed by atoms with E-state index in [1.807, 2.05) is 31.2 Å². The maximum absolute atomic E-state index is 13.5. The Balaban J connectivity index is 1.65. The number of hydrogen-bond acceptors (Lipinski definition) is 3. The number of benzene rings is 1. The fourth-order valence-electron chi connectivity index (χ4n) is 4.55. The average molecular weight is 402 g/mol. The summed E-state index contributed by atoms with van der Waals surface area (Å²) in [5.74, 6) is -0.549. The Kier molecular flexibility index (Phi) is 4.88. The molecule has 8 heteroatoms. The Morgan fingerprint density at radius 3 is 2.38 bits per heavy atom. The molecule has 29 heavy (non-hydrogen) atoms. The molecule has 1 spiro atoms. The van der Waals surface area contributed by atoms with E-state index in [2.05, 4.69) is 5.10 Å². The molecule has 2 aliphatic heterocycles. The van der Waals surface area contributed by atoms with Gasteiger partial charge >= 0.3 is 6.55 Å². The topological polar surface area (TPSA) is 58.4 Å². The number of alkyl halides is 2. The van der Waals surface area contributed by atoms with E-state index in [0.717, 1.165) is 17.7 Å². The molecule has 0 saturated carbocycles. The first kappa shape index (κ1) is 19.5. The molecule has 0 aliphatic carbocycles. The summed E-state index contributed by atoms with van der Waals surface area (Å²) in [5, 5.41) is 3.79. The second kappa shape index (κ2) is 7.24. The predicted molar refractivity (Wildman–Crippen MR) is 104 cm³/mol. The first-order valence-corrected chi connectivity index (χ1v) is 9.88. The van der Waals surface area contributed by atoms with Gasteiger partial charge in [-0.25, -0.2) is 4.68 Å². The normalized spacial score (nSPS) is 22.2. The highest BCUT2D eigenvalue weighted by molar-refractivity contribution is 6.05. The molecule has 0 N–H and O–H groups in total. The van der Waals surface area contributed by atoms with Crippen molar-refractivity contribution >= 4 is 17.5 Å². The highest BCUT2D eigenvalue weighted by atomic mass is 19.3. The van der Waals surface area contributed by atoms with Crippen LogP contribution in [0.1, 0.15) is 54.0 Å². The van der Waals surface area contributed by atoms with Gasteiger partial charge in [0.15, 0.2) is 5.69 Å². The van der Waals surface area contributed by atoms with Gasteiger partial charge in [-0.1, -0.05) is 17.7 Å². The van der Waals surface area contributed by atoms with E-state index in [1.165, 1.54) is 13.0 Å². The van der Waals surface area contributed by atoms with Gasteiger partial charge in [-0.2, -0.15) is 13.9 Å². The zero-order chi connectivity index (χ0) is 20.8. The average Bonchev–Trinajstić information content (AvgIpc) is 3.29. The number of rotatable bonds is 3. The van der Waals surface area contributed by atoms with Crippen LogP contribution in [0.3, 0.4) is 0 Å². The van der Waals surface area contributed by atoms with Gasteiger partial charge in [0.2, 0.25) is 0 Å². The number of halogens is 2. The van der Waals surface area contributed by atoms with Crippen LogP contribution >= 0.6 is 0 Å². The van der Waals surface area contributed by atoms with Gasteiger partial charge in [0, 0.05) is 24.5 Å². The third-order valence-electron chi connectivity index (χ3n) is 6.02. The molecule has 2 amide bonds. The van der Waals surface area contributed by atoms with Gasteiger partial charge in [0.25, 0.3) is 11.8 Å². The van der Waals surface area contributed by atoms with Gasteiger partial charge in [0.1, 0.15) is 5.54 Å². The summed E-state index contributed by atoms with van der Waals surface area (Å²) in [6.07, 6.45) is 2.63. The third kappa shape index (κ3) is 3.20. The van der Waals surface area contributed by atoms with Crippen LogP contribution in [-0.2, 0) is 4.79 Å². The molecule has 2 saturated heterocycles. The number of aryl methyl sites for hydroxylation is 2. The Labute approximate surface area is 168 Å². The zero-order valence-electron chi connectivity index (χ0n) is 16.6. The first-order chi connectivity index (χ1) is 13.8. The molecule has 1 aromatic heterocycles. The summed E-state index contributed by atoms with van der Waals surface area (Å²) >= 11 is 0. The van der Waals surface area contributed by atoms with Crippen molar-refractivity contribution in [2.75, 3.05) is 18.0 Å². The molecule has 154 valence electrons. The Morgan fingerprint density at radius 2 is 1.76 bits per heavy atom. The second-order valence-electron chi connectivity index (χ2n) is 7.88. The molecule has 0 bridgehead atoms. The fraction of sp³-hybridized carbons (Fsp3) is 0.476. The van der Waals surface area contributed by atoms with Crippen molar-refractivity contribution in [2.24, 2.45) is 0 Å². The molecule has 6 nitrogen and oxygen atoms in total. The highest BCUT2D eigenvalue weighted by Gasteiger charge is 2.53. The molecule has 1 unspecified atom stereocenters. The third-order valence-corrected chi connectivity index (χ3v) is 6.02. The number of nitrogens with zero attached hydrogens (tertiary/aromatic N) is 4. The molecule has 2 aromatic rings. The van der Waals surface area contributed by atoms with E-state index >= 15 is 0 Å². The molecule has 1 aromatic carbocycles. The number of piperidine rings is 1. The Bertz CT molecular complexity index is 941. The number of carbonyl (C=O) groups is 2. The van der Waals surface area contributed by atoms with Crippen molar-refractivity contribution in [2.45, 2.75) is 51.6 Å². The van der Waals surface area contributed by atoms with Crippen molar-refractivity contribution in [3.8, 4) is 0 Å². The Hall–Kier alpha value is -2.77. The van der Waals surface area contributed by atoms with Crippen LogP contribution in [0.25, 0.3) is 0 Å². The second-order valence-corrected chi connectivity index (χ2v) is 7.88. The summed E-state index contributed by atoms with van der Waals surface area (Å²) in [7, 11) is 0. The lowest BCUT2D eigenvalue weighted by Crippen LogP contribution is -2.61. The number of carbonyl (C=O) groups excluding carboxylic acids is 2. The lowest BCUT2D eigenvalue weighted by atomic mass is 9.85. The quantitative estimate of drug-likeness (QED) is 0.787. The van der Waals surface area contributed by atoms with E-state index in [1.54, 1.807) is 9.80 Å². The molecule has 2 fully saturated rings. The maximum atomic E-state index is 13.5. The van der Waals surface area contributed by atoms with Crippen molar-refractivity contribution in [1.29, 1.82) is 0 Å². The van der Waals surface area contributed by atoms with Crippen LogP contribution < -0.4 is 4.90 Å². The van der Waals surface area contributed by atoms with Crippen molar-refractivity contribution in [3.05, 3.63) is 47.3 Å². The van der Waals surface area contributed by atoms with E-state index in [-0.39, 0.29) is 17.3 Å². The van der Waals surface area contributed by atoms with Crippen molar-refractivity contribution in [1.82, 2.24) is 14.7 Å². The standard InChI is InChI=1S/C21H24F2N4O2/c1-14-5-7-16(8-6-14)25-11-3-9-21(19(25)29)10-4-12-26(21)18(28)17-13-15(2)27(24-17)20(22)23/h5-8,13,20H,3-4,9-12H2,1-2H3. The lowest BCUT2D eigenvalue weighted by molar-refractivity contribution is -0.130. The minimum Gasteiger partial charge on any atom is -0.322 e. The summed E-state index contributed by atoms with van der Waals surface area (Å²) in [5.41, 5.74) is 1.17. The van der Waals surface area contributed by atoms with Crippen LogP contribution in [0.15, 0.2) is 30.3 Å². The van der Waals surface area contributed by atoms with Gasteiger partial charge in [-0.05, 0) is 57.7 Å². The lowest BCUT2D eigenvalue weighted by Gasteiger charge is -2.44. The number of hydrogen-bond donors (Lipinski definition) is 0. The van der Waals surface area contributed by atoms with Crippen molar-refractivity contribution < 1.29 is 18.4 Å². The van der Waals surface area contributed by atoms with E-state index in [4.69, 9.17) is 0 Å². The Morgan fingerprint density at radius 1 is 1.10 bits per heavy atom. The number of anilines is 1. The van der Waals surface area contributed by atoms with E-state index in [9.17, 15) is 18.4 Å². The van der Waals surface area contributed by atoms with Gasteiger partial charge < -0.3 is 9.80 Å². The fourth-order valence-corrected chi connectivity index (χ4v) is 4.55. The largest absolute Gasteiger partial charge is 0.333 e.